The number of aromatic carboxylic acids is 1. The molecule has 18 heavy (non-hydrogen) atoms. The zero-order chi connectivity index (χ0) is 13.5. The zero-order valence-electron chi connectivity index (χ0n) is 10.2. The van der Waals surface area contributed by atoms with Crippen molar-refractivity contribution in [2.75, 3.05) is 18.0 Å². The number of pyridine rings is 1. The van der Waals surface area contributed by atoms with E-state index >= 15 is 0 Å². The molecule has 5 nitrogen and oxygen atoms in total. The van der Waals surface area contributed by atoms with Gasteiger partial charge in [-0.05, 0) is 13.0 Å². The zero-order valence-corrected chi connectivity index (χ0v) is 11.0. The fourth-order valence-electron chi connectivity index (χ4n) is 2.08. The van der Waals surface area contributed by atoms with Crippen LogP contribution in [0.3, 0.4) is 0 Å². The summed E-state index contributed by atoms with van der Waals surface area (Å²) in [6.45, 7) is 4.82. The number of carboxylic acids is 1. The van der Waals surface area contributed by atoms with Gasteiger partial charge in [0.1, 0.15) is 5.82 Å². The number of halogens is 1. The second kappa shape index (κ2) is 4.40. The Balaban J connectivity index is 2.28. The number of hydrogen-bond acceptors (Lipinski definition) is 4. The molecule has 6 heteroatoms. The summed E-state index contributed by atoms with van der Waals surface area (Å²) in [7, 11) is 0. The number of β-amino-alcohol motifs (C(OH)–C–C–N with tert-alkyl or cyclic N) is 1. The second-order valence-electron chi connectivity index (χ2n) is 4.97. The summed E-state index contributed by atoms with van der Waals surface area (Å²) in [5.41, 5.74) is -0.723. The molecule has 98 valence electrons. The third-order valence-corrected chi connectivity index (χ3v) is 3.71. The Morgan fingerprint density at radius 2 is 2.33 bits per heavy atom. The molecule has 0 unspecified atom stereocenters. The summed E-state index contributed by atoms with van der Waals surface area (Å²) in [4.78, 5) is 16.7. The third-order valence-electron chi connectivity index (χ3n) is 3.44. The first-order valence-electron chi connectivity index (χ1n) is 5.67. The van der Waals surface area contributed by atoms with Crippen LogP contribution in [0.5, 0.6) is 0 Å². The van der Waals surface area contributed by atoms with Gasteiger partial charge >= 0.3 is 5.97 Å². The van der Waals surface area contributed by atoms with Crippen molar-refractivity contribution in [3.05, 3.63) is 22.8 Å². The Labute approximate surface area is 110 Å². The lowest BCUT2D eigenvalue weighted by molar-refractivity contribution is 0.0443. The molecule has 0 saturated carbocycles. The standard InChI is InChI=1S/C12H15ClN2O3/c1-7-5-15(6-12(7,2)18)10-9(13)3-8(4-14-10)11(16)17/h3-4,7,18H,5-6H2,1-2H3,(H,16,17)/t7-,12+/m1/s1. The molecule has 1 aromatic heterocycles. The Kier molecular flexibility index (Phi) is 3.21. The lowest BCUT2D eigenvalue weighted by Gasteiger charge is -2.21. The third kappa shape index (κ3) is 2.28. The minimum atomic E-state index is -1.06. The molecule has 0 aliphatic carbocycles. The van der Waals surface area contributed by atoms with E-state index in [1.54, 1.807) is 6.92 Å². The van der Waals surface area contributed by atoms with Crippen molar-refractivity contribution in [3.8, 4) is 0 Å². The van der Waals surface area contributed by atoms with Crippen LogP contribution in [0.2, 0.25) is 5.02 Å². The summed E-state index contributed by atoms with van der Waals surface area (Å²) in [6, 6.07) is 1.38. The molecule has 0 spiro atoms. The van der Waals surface area contributed by atoms with Crippen LogP contribution in [0, 0.1) is 5.92 Å². The number of carbonyl (C=O) groups is 1. The van der Waals surface area contributed by atoms with Gasteiger partial charge in [0.25, 0.3) is 0 Å². The van der Waals surface area contributed by atoms with Crippen molar-refractivity contribution in [2.24, 2.45) is 5.92 Å². The van der Waals surface area contributed by atoms with Crippen molar-refractivity contribution < 1.29 is 15.0 Å². The van der Waals surface area contributed by atoms with Crippen molar-refractivity contribution in [3.63, 3.8) is 0 Å². The summed E-state index contributed by atoms with van der Waals surface area (Å²) in [6.07, 6.45) is 1.28. The second-order valence-corrected chi connectivity index (χ2v) is 5.38. The van der Waals surface area contributed by atoms with Crippen LogP contribution in [-0.2, 0) is 0 Å². The fraction of sp³-hybridized carbons (Fsp3) is 0.500. The van der Waals surface area contributed by atoms with Gasteiger partial charge in [-0.1, -0.05) is 18.5 Å². The fourth-order valence-corrected chi connectivity index (χ4v) is 2.36. The van der Waals surface area contributed by atoms with Gasteiger partial charge in [0.15, 0.2) is 0 Å². The molecule has 0 bridgehead atoms. The average Bonchev–Trinajstić information content (AvgIpc) is 2.53. The minimum absolute atomic E-state index is 0.0581. The van der Waals surface area contributed by atoms with Gasteiger partial charge in [-0.2, -0.15) is 0 Å². The molecule has 0 radical (unpaired) electrons. The van der Waals surface area contributed by atoms with E-state index in [9.17, 15) is 9.90 Å². The van der Waals surface area contributed by atoms with Crippen LogP contribution in [0.1, 0.15) is 24.2 Å². The van der Waals surface area contributed by atoms with Crippen molar-refractivity contribution in [2.45, 2.75) is 19.4 Å². The number of hydrogen-bond donors (Lipinski definition) is 2. The van der Waals surface area contributed by atoms with Gasteiger partial charge in [-0.25, -0.2) is 9.78 Å². The summed E-state index contributed by atoms with van der Waals surface area (Å²) < 4.78 is 0. The summed E-state index contributed by atoms with van der Waals surface area (Å²) in [5, 5.41) is 19.3. The molecule has 1 fully saturated rings. The number of aliphatic hydroxyl groups is 1. The van der Waals surface area contributed by atoms with E-state index < -0.39 is 11.6 Å². The molecule has 2 N–H and O–H groups in total. The normalized spacial score (nSPS) is 27.6. The SMILES string of the molecule is C[C@@H]1CN(c2ncc(C(=O)O)cc2Cl)C[C@]1(C)O. The van der Waals surface area contributed by atoms with Crippen molar-refractivity contribution >= 4 is 23.4 Å². The molecule has 0 aromatic carbocycles. The number of anilines is 1. The maximum atomic E-state index is 10.8. The van der Waals surface area contributed by atoms with Crippen LogP contribution < -0.4 is 4.90 Å². The molecule has 2 heterocycles. The van der Waals surface area contributed by atoms with Crippen molar-refractivity contribution in [1.82, 2.24) is 4.98 Å². The van der Waals surface area contributed by atoms with E-state index in [0.29, 0.717) is 23.9 Å². The molecule has 0 amide bonds. The monoisotopic (exact) mass is 270 g/mol. The van der Waals surface area contributed by atoms with Crippen LogP contribution in [0.25, 0.3) is 0 Å². The van der Waals surface area contributed by atoms with Crippen LogP contribution in [0.15, 0.2) is 12.3 Å². The van der Waals surface area contributed by atoms with E-state index in [-0.39, 0.29) is 11.5 Å². The molecular formula is C12H15ClN2O3. The van der Waals surface area contributed by atoms with Gasteiger partial charge in [-0.15, -0.1) is 0 Å². The Morgan fingerprint density at radius 1 is 1.67 bits per heavy atom. The van der Waals surface area contributed by atoms with Gasteiger partial charge in [0, 0.05) is 25.2 Å². The largest absolute Gasteiger partial charge is 0.478 e. The number of nitrogens with zero attached hydrogens (tertiary/aromatic N) is 2. The molecule has 1 saturated heterocycles. The Hall–Kier alpha value is -1.33. The van der Waals surface area contributed by atoms with Crippen LogP contribution in [0.4, 0.5) is 5.82 Å². The van der Waals surface area contributed by atoms with E-state index in [4.69, 9.17) is 16.7 Å². The van der Waals surface area contributed by atoms with Gasteiger partial charge in [0.05, 0.1) is 16.2 Å². The maximum Gasteiger partial charge on any atom is 0.337 e. The number of carboxylic acid groups (broad SMARTS) is 1. The quantitative estimate of drug-likeness (QED) is 0.855. The molecule has 1 aliphatic heterocycles. The highest BCUT2D eigenvalue weighted by Gasteiger charge is 2.39. The smallest absolute Gasteiger partial charge is 0.337 e. The average molecular weight is 271 g/mol. The summed E-state index contributed by atoms with van der Waals surface area (Å²) in [5.74, 6) is -0.432. The number of aromatic nitrogens is 1. The van der Waals surface area contributed by atoms with Gasteiger partial charge in [0.2, 0.25) is 0 Å². The van der Waals surface area contributed by atoms with Gasteiger partial charge < -0.3 is 15.1 Å². The topological polar surface area (TPSA) is 73.7 Å². The van der Waals surface area contributed by atoms with E-state index in [0.717, 1.165) is 0 Å². The summed E-state index contributed by atoms with van der Waals surface area (Å²) >= 11 is 6.05. The molecular weight excluding hydrogens is 256 g/mol. The maximum absolute atomic E-state index is 10.8. The Bertz CT molecular complexity index is 490. The molecule has 2 rings (SSSR count). The lowest BCUT2D eigenvalue weighted by Crippen LogP contribution is -2.33. The highest BCUT2D eigenvalue weighted by molar-refractivity contribution is 6.33. The first kappa shape index (κ1) is 13.1. The lowest BCUT2D eigenvalue weighted by atomic mass is 9.95. The number of rotatable bonds is 2. The highest BCUT2D eigenvalue weighted by atomic mass is 35.5. The predicted octanol–water partition coefficient (Wildman–Crippen LogP) is 1.64. The van der Waals surface area contributed by atoms with E-state index in [1.165, 1.54) is 12.3 Å². The Morgan fingerprint density at radius 3 is 2.78 bits per heavy atom. The van der Waals surface area contributed by atoms with Crippen LogP contribution in [-0.4, -0.2) is 39.9 Å². The predicted molar refractivity (Wildman–Crippen MR) is 68.2 cm³/mol. The van der Waals surface area contributed by atoms with Gasteiger partial charge in [-0.3, -0.25) is 0 Å². The van der Waals surface area contributed by atoms with Crippen molar-refractivity contribution in [1.29, 1.82) is 0 Å². The molecule has 1 aromatic rings. The first-order chi connectivity index (χ1) is 8.31. The molecule has 2 atom stereocenters. The first-order valence-corrected chi connectivity index (χ1v) is 6.05. The van der Waals surface area contributed by atoms with E-state index in [2.05, 4.69) is 4.98 Å². The van der Waals surface area contributed by atoms with Crippen LogP contribution >= 0.6 is 11.6 Å². The highest BCUT2D eigenvalue weighted by Crippen LogP contribution is 2.33. The van der Waals surface area contributed by atoms with E-state index in [1.807, 2.05) is 11.8 Å². The minimum Gasteiger partial charge on any atom is -0.478 e. The molecule has 1 aliphatic rings.